The molecule has 1 amide bonds. The number of ether oxygens (including phenoxy) is 4. The van der Waals surface area contributed by atoms with Crippen molar-refractivity contribution in [2.75, 3.05) is 94.0 Å². The number of carbonyl (C=O) groups excluding carboxylic acids is 1. The van der Waals surface area contributed by atoms with Gasteiger partial charge in [0.05, 0.1) is 46.9 Å². The van der Waals surface area contributed by atoms with Gasteiger partial charge in [-0.3, -0.25) is 24.7 Å². The average molecular weight is 1010 g/mol. The first-order valence-electron chi connectivity index (χ1n) is 25.9. The maximum Gasteiger partial charge on any atom is 0.297 e. The van der Waals surface area contributed by atoms with E-state index in [0.717, 1.165) is 68.3 Å². The predicted octanol–water partition coefficient (Wildman–Crippen LogP) is 7.65. The van der Waals surface area contributed by atoms with Gasteiger partial charge in [-0.1, -0.05) is 36.4 Å². The number of anilines is 4. The van der Waals surface area contributed by atoms with E-state index >= 15 is 0 Å². The van der Waals surface area contributed by atoms with Crippen molar-refractivity contribution in [3.63, 3.8) is 0 Å². The van der Waals surface area contributed by atoms with Gasteiger partial charge in [-0.2, -0.15) is 4.98 Å². The van der Waals surface area contributed by atoms with Crippen LogP contribution < -0.4 is 29.3 Å². The lowest BCUT2D eigenvalue weighted by molar-refractivity contribution is -0.384. The molecule has 3 N–H and O–H groups in total. The maximum atomic E-state index is 14.8. The van der Waals surface area contributed by atoms with E-state index < -0.39 is 31.4 Å². The molecule has 1 saturated carbocycles. The molecule has 0 unspecified atom stereocenters. The van der Waals surface area contributed by atoms with Crippen LogP contribution in [-0.4, -0.2) is 136 Å². The zero-order valence-electron chi connectivity index (χ0n) is 41.2. The van der Waals surface area contributed by atoms with E-state index in [1.165, 1.54) is 42.9 Å². The summed E-state index contributed by atoms with van der Waals surface area (Å²) in [6.07, 6.45) is 9.02. The van der Waals surface area contributed by atoms with Gasteiger partial charge in [0, 0.05) is 93.3 Å². The fourth-order valence-electron chi connectivity index (χ4n) is 12.7. The van der Waals surface area contributed by atoms with Crippen LogP contribution in [0.5, 0.6) is 11.6 Å². The standard InChI is InChI=1S/C54H63N9O9S/c1-34(2)41-6-3-4-7-42(41)44-8-5-16-61(44)39-28-54(29-39)13-17-60(18-14-54)38-9-10-43(45(25-38)62-30-36-12-21-70-33-49(36)72-53-47(62)24-35-11-15-55-51(35)57-53)52(64)58-73(67,68)40-26-46(63(65)66)50-48(27-40)71-32-37(56-50)31-59-19-22-69-23-20-59/h3-4,6-7,9-11,15,24-27,36-37,39,44,49,56H,1,5,8,12-14,16-23,28-33H2,2H3,(H,55,57)(H,58,64)/t36-,37-,44-,49+/m0/s1. The molecule has 19 heteroatoms. The Kier molecular flexibility index (Phi) is 12.6. The highest BCUT2D eigenvalue weighted by Crippen LogP contribution is 2.55. The molecule has 0 radical (unpaired) electrons. The van der Waals surface area contributed by atoms with Crippen molar-refractivity contribution in [3.8, 4) is 11.6 Å². The van der Waals surface area contributed by atoms with Crippen molar-refractivity contribution >= 4 is 61.0 Å². The topological polar surface area (TPSA) is 197 Å². The van der Waals surface area contributed by atoms with E-state index in [9.17, 15) is 23.3 Å². The number of morpholine rings is 1. The molecule has 7 aliphatic rings. The summed E-state index contributed by atoms with van der Waals surface area (Å²) >= 11 is 0. The average Bonchev–Trinajstić information content (AvgIpc) is 4.04. The smallest absolute Gasteiger partial charge is 0.297 e. The van der Waals surface area contributed by atoms with Crippen LogP contribution in [0.15, 0.2) is 84.4 Å². The highest BCUT2D eigenvalue weighted by Gasteiger charge is 2.50. The molecular weight excluding hydrogens is 951 g/mol. The van der Waals surface area contributed by atoms with E-state index in [1.807, 2.05) is 35.4 Å². The number of piperidine rings is 1. The van der Waals surface area contributed by atoms with E-state index in [-0.39, 0.29) is 47.1 Å². The van der Waals surface area contributed by atoms with Gasteiger partial charge in [-0.05, 0) is 105 Å². The fraction of sp³-hybridized carbons (Fsp3) is 0.481. The molecule has 4 atom stereocenters. The Morgan fingerprint density at radius 2 is 1.77 bits per heavy atom. The molecule has 8 heterocycles. The molecule has 5 fully saturated rings. The number of allylic oxidation sites excluding steroid dienone is 1. The van der Waals surface area contributed by atoms with Crippen molar-refractivity contribution in [1.82, 2.24) is 24.5 Å². The van der Waals surface area contributed by atoms with Gasteiger partial charge in [0.15, 0.2) is 11.4 Å². The minimum atomic E-state index is -4.69. The normalized spacial score (nSPS) is 24.3. The first kappa shape index (κ1) is 47.7. The number of fused-ring (bicyclic) bond motifs is 4. The molecule has 384 valence electrons. The zero-order valence-corrected chi connectivity index (χ0v) is 42.0. The molecule has 2 aromatic heterocycles. The van der Waals surface area contributed by atoms with Crippen LogP contribution in [0.2, 0.25) is 0 Å². The number of carbonyl (C=O) groups is 1. The third-order valence-corrected chi connectivity index (χ3v) is 17.9. The molecular formula is C54H63N9O9S. The maximum absolute atomic E-state index is 14.8. The fourth-order valence-corrected chi connectivity index (χ4v) is 13.7. The number of hydrogen-bond acceptors (Lipinski definition) is 15. The Bertz CT molecular complexity index is 3070. The third kappa shape index (κ3) is 9.17. The molecule has 6 aliphatic heterocycles. The summed E-state index contributed by atoms with van der Waals surface area (Å²) < 4.78 is 55.1. The van der Waals surface area contributed by atoms with Gasteiger partial charge >= 0.3 is 0 Å². The van der Waals surface area contributed by atoms with Crippen LogP contribution in [0.1, 0.15) is 79.4 Å². The molecule has 0 bridgehead atoms. The largest absolute Gasteiger partial charge is 0.489 e. The Balaban J connectivity index is 0.831. The van der Waals surface area contributed by atoms with Gasteiger partial charge in [0.25, 0.3) is 21.6 Å². The SMILES string of the molecule is C=C(C)c1ccccc1[C@@H]1CCCN1C1CC2(CCN(c3ccc(C(=O)NS(=O)(=O)c4cc5c(c([N+](=O)[O-])c4)N[C@@H](CN4CCOCC4)CO5)c(N4C[C@@H]5CCOC[C@H]5Oc5nc6[nH]ccc6cc54)c3)CC2)C1. The van der Waals surface area contributed by atoms with Gasteiger partial charge in [0.2, 0.25) is 5.88 Å². The second-order valence-electron chi connectivity index (χ2n) is 21.2. The van der Waals surface area contributed by atoms with Gasteiger partial charge in [0.1, 0.15) is 24.0 Å². The molecule has 4 saturated heterocycles. The summed E-state index contributed by atoms with van der Waals surface area (Å²) in [5.74, 6) is -0.496. The number of sulfonamides is 1. The molecule has 18 nitrogen and oxygen atoms in total. The monoisotopic (exact) mass is 1010 g/mol. The minimum Gasteiger partial charge on any atom is -0.489 e. The Morgan fingerprint density at radius 1 is 0.945 bits per heavy atom. The number of likely N-dealkylation sites (tertiary alicyclic amines) is 1. The number of nitrogens with zero attached hydrogens (tertiary/aromatic N) is 6. The third-order valence-electron chi connectivity index (χ3n) is 16.6. The number of pyridine rings is 1. The first-order valence-corrected chi connectivity index (χ1v) is 27.4. The van der Waals surface area contributed by atoms with Gasteiger partial charge < -0.3 is 39.0 Å². The summed E-state index contributed by atoms with van der Waals surface area (Å²) in [5, 5.41) is 16.6. The van der Waals surface area contributed by atoms with Crippen LogP contribution in [0, 0.1) is 21.4 Å². The predicted molar refractivity (Wildman–Crippen MR) is 278 cm³/mol. The quantitative estimate of drug-likeness (QED) is 0.0861. The van der Waals surface area contributed by atoms with Crippen LogP contribution in [0.3, 0.4) is 0 Å². The zero-order chi connectivity index (χ0) is 50.0. The number of aromatic amines is 1. The Labute approximate surface area is 425 Å². The molecule has 73 heavy (non-hydrogen) atoms. The van der Waals surface area contributed by atoms with Gasteiger partial charge in [-0.25, -0.2) is 13.1 Å². The second-order valence-corrected chi connectivity index (χ2v) is 22.9. The second kappa shape index (κ2) is 19.2. The number of H-pyrrole nitrogens is 1. The summed E-state index contributed by atoms with van der Waals surface area (Å²) in [5.41, 5.74) is 6.48. The van der Waals surface area contributed by atoms with Crippen LogP contribution in [0.4, 0.5) is 28.4 Å². The van der Waals surface area contributed by atoms with Crippen LogP contribution >= 0.6 is 0 Å². The van der Waals surface area contributed by atoms with E-state index in [0.29, 0.717) is 80.9 Å². The van der Waals surface area contributed by atoms with E-state index in [4.69, 9.17) is 23.9 Å². The van der Waals surface area contributed by atoms with Crippen molar-refractivity contribution in [2.24, 2.45) is 11.3 Å². The molecule has 1 aliphatic carbocycles. The van der Waals surface area contributed by atoms with Crippen LogP contribution in [-0.2, 0) is 19.5 Å². The first-order chi connectivity index (χ1) is 35.4. The number of amides is 1. The molecule has 1 spiro atoms. The molecule has 5 aromatic rings. The van der Waals surface area contributed by atoms with Crippen molar-refractivity contribution in [1.29, 1.82) is 0 Å². The number of rotatable bonds is 11. The summed E-state index contributed by atoms with van der Waals surface area (Å²) in [4.78, 5) is 43.7. The number of nitrogens with one attached hydrogen (secondary N) is 3. The highest BCUT2D eigenvalue weighted by atomic mass is 32.2. The minimum absolute atomic E-state index is 0.00593. The van der Waals surface area contributed by atoms with Crippen molar-refractivity contribution in [2.45, 2.75) is 81.0 Å². The number of nitro benzene ring substituents is 1. The van der Waals surface area contributed by atoms with Gasteiger partial charge in [-0.15, -0.1) is 0 Å². The number of benzene rings is 3. The Hall–Kier alpha value is -6.25. The summed E-state index contributed by atoms with van der Waals surface area (Å²) in [7, 11) is -4.69. The lowest BCUT2D eigenvalue weighted by Crippen LogP contribution is -2.55. The number of hydrogen-bond donors (Lipinski definition) is 3. The summed E-state index contributed by atoms with van der Waals surface area (Å²) in [6, 6.07) is 21.2. The number of nitro groups is 1. The van der Waals surface area contributed by atoms with E-state index in [2.05, 4.69) is 67.5 Å². The number of aromatic nitrogens is 2. The Morgan fingerprint density at radius 3 is 2.58 bits per heavy atom. The van der Waals surface area contributed by atoms with Crippen molar-refractivity contribution in [3.05, 3.63) is 106 Å². The molecule has 3 aromatic carbocycles. The highest BCUT2D eigenvalue weighted by molar-refractivity contribution is 7.90. The van der Waals surface area contributed by atoms with Crippen LogP contribution in [0.25, 0.3) is 16.6 Å². The lowest BCUT2D eigenvalue weighted by atomic mass is 9.59. The van der Waals surface area contributed by atoms with E-state index in [1.54, 1.807) is 6.07 Å². The van der Waals surface area contributed by atoms with Crippen molar-refractivity contribution < 1.29 is 37.1 Å². The molecule has 12 rings (SSSR count). The lowest BCUT2D eigenvalue weighted by Gasteiger charge is -2.56. The summed E-state index contributed by atoms with van der Waals surface area (Å²) in [6.45, 7) is 13.9.